The van der Waals surface area contributed by atoms with Crippen molar-refractivity contribution in [3.63, 3.8) is 0 Å². The van der Waals surface area contributed by atoms with Crippen LogP contribution in [0.3, 0.4) is 0 Å². The van der Waals surface area contributed by atoms with Crippen molar-refractivity contribution in [1.29, 1.82) is 0 Å². The lowest BCUT2D eigenvalue weighted by Crippen LogP contribution is -2.56. The van der Waals surface area contributed by atoms with Crippen molar-refractivity contribution in [1.82, 2.24) is 0 Å². The van der Waals surface area contributed by atoms with Gasteiger partial charge in [0, 0.05) is 5.56 Å². The summed E-state index contributed by atoms with van der Waals surface area (Å²) in [6.45, 7) is 5.01. The number of ketones is 1. The molecule has 1 aromatic carbocycles. The van der Waals surface area contributed by atoms with Gasteiger partial charge in [-0.25, -0.2) is 0 Å². The van der Waals surface area contributed by atoms with Crippen LogP contribution in [0, 0.1) is 0 Å². The smallest absolute Gasteiger partial charge is 0.460 e. The number of ether oxygens (including phenoxy) is 1. The molecule has 0 atom stereocenters. The summed E-state index contributed by atoms with van der Waals surface area (Å²) in [7, 11) is 0. The van der Waals surface area contributed by atoms with Gasteiger partial charge in [0.2, 0.25) is 5.78 Å². The molecule has 0 saturated carbocycles. The molecule has 0 aliphatic rings. The van der Waals surface area contributed by atoms with Crippen LogP contribution in [-0.4, -0.2) is 29.4 Å². The molecule has 9 heteroatoms. The van der Waals surface area contributed by atoms with Crippen molar-refractivity contribution in [2.24, 2.45) is 0 Å². The van der Waals surface area contributed by atoms with E-state index in [-0.39, 0.29) is 5.75 Å². The first kappa shape index (κ1) is 19.2. The molecule has 130 valence electrons. The first-order chi connectivity index (χ1) is 10.1. The minimum atomic E-state index is -6.55. The Kier molecular flexibility index (Phi) is 4.76. The number of Topliss-reactive ketones (excluding diaryl/α,β-unsaturated/α-hetero) is 1. The van der Waals surface area contributed by atoms with Crippen molar-refractivity contribution < 1.29 is 40.3 Å². The molecule has 0 unspecified atom stereocenters. The van der Waals surface area contributed by atoms with Gasteiger partial charge in [0.05, 0.1) is 0 Å². The monoisotopic (exact) mass is 346 g/mol. The zero-order chi connectivity index (χ0) is 18.3. The topological polar surface area (TPSA) is 26.3 Å². The molecular weight excluding hydrogens is 333 g/mol. The molecule has 2 nitrogen and oxygen atoms in total. The molecule has 1 rings (SSSR count). The van der Waals surface area contributed by atoms with Crippen LogP contribution in [0.25, 0.3) is 0 Å². The van der Waals surface area contributed by atoms with E-state index < -0.39 is 35.0 Å². The van der Waals surface area contributed by atoms with Gasteiger partial charge in [-0.3, -0.25) is 4.79 Å². The summed E-state index contributed by atoms with van der Waals surface area (Å²) in [5, 5.41) is 0. The zero-order valence-electron chi connectivity index (χ0n) is 12.3. The fraction of sp³-hybridized carbons (Fsp3) is 0.500. The quantitative estimate of drug-likeness (QED) is 0.574. The highest BCUT2D eigenvalue weighted by Gasteiger charge is 2.76. The highest BCUT2D eigenvalue weighted by atomic mass is 19.4. The molecule has 1 aromatic rings. The molecular formula is C14H13F7O2. The molecule has 0 amide bonds. The Hall–Kier alpha value is -1.80. The fourth-order valence-electron chi connectivity index (χ4n) is 1.53. The number of alkyl halides is 7. The van der Waals surface area contributed by atoms with E-state index in [4.69, 9.17) is 4.74 Å². The highest BCUT2D eigenvalue weighted by Crippen LogP contribution is 2.47. The first-order valence-corrected chi connectivity index (χ1v) is 6.26. The number of hydrogen-bond acceptors (Lipinski definition) is 2. The molecule has 0 N–H and O–H groups in total. The van der Waals surface area contributed by atoms with E-state index in [9.17, 15) is 35.5 Å². The first-order valence-electron chi connectivity index (χ1n) is 6.26. The number of carbonyl (C=O) groups excluding carboxylic acids is 1. The van der Waals surface area contributed by atoms with Gasteiger partial charge in [-0.15, -0.1) is 0 Å². The summed E-state index contributed by atoms with van der Waals surface area (Å²) in [4.78, 5) is 11.4. The normalized spacial score (nSPS) is 13.8. The Morgan fingerprint density at radius 2 is 1.30 bits per heavy atom. The van der Waals surface area contributed by atoms with Crippen molar-refractivity contribution in [2.75, 3.05) is 0 Å². The second kappa shape index (κ2) is 5.68. The summed E-state index contributed by atoms with van der Waals surface area (Å²) in [6, 6.07) is 3.45. The second-order valence-electron chi connectivity index (χ2n) is 5.71. The van der Waals surface area contributed by atoms with E-state index in [1.807, 2.05) is 0 Å². The van der Waals surface area contributed by atoms with E-state index in [0.29, 0.717) is 12.1 Å². The lowest BCUT2D eigenvalue weighted by Gasteiger charge is -2.27. The van der Waals surface area contributed by atoms with Crippen LogP contribution in [-0.2, 0) is 0 Å². The Balaban J connectivity index is 3.10. The van der Waals surface area contributed by atoms with E-state index in [2.05, 4.69) is 0 Å². The molecule has 0 aromatic heterocycles. The molecule has 0 saturated heterocycles. The Morgan fingerprint density at radius 3 is 1.65 bits per heavy atom. The third-order valence-electron chi connectivity index (χ3n) is 2.58. The highest BCUT2D eigenvalue weighted by molar-refractivity contribution is 6.02. The average Bonchev–Trinajstić information content (AvgIpc) is 2.35. The van der Waals surface area contributed by atoms with E-state index in [1.54, 1.807) is 20.8 Å². The van der Waals surface area contributed by atoms with Crippen LogP contribution < -0.4 is 4.74 Å². The fourth-order valence-corrected chi connectivity index (χ4v) is 1.53. The maximum atomic E-state index is 13.3. The standard InChI is InChI=1S/C14H13F7O2/c1-11(2,3)23-9-6-4-8(5-7-9)10(22)12(15,16)13(17,18)14(19,20)21/h4-7H,1-3H3. The van der Waals surface area contributed by atoms with Gasteiger partial charge < -0.3 is 4.74 Å². The van der Waals surface area contributed by atoms with Gasteiger partial charge in [0.15, 0.2) is 0 Å². The third kappa shape index (κ3) is 3.94. The van der Waals surface area contributed by atoms with Crippen LogP contribution >= 0.6 is 0 Å². The number of rotatable bonds is 4. The summed E-state index contributed by atoms with van der Waals surface area (Å²) in [5.41, 5.74) is -1.64. The lowest BCUT2D eigenvalue weighted by molar-refractivity contribution is -0.339. The summed E-state index contributed by atoms with van der Waals surface area (Å²) >= 11 is 0. The SMILES string of the molecule is CC(C)(C)Oc1ccc(C(=O)C(F)(F)C(F)(F)C(F)(F)F)cc1. The van der Waals surface area contributed by atoms with Gasteiger partial charge in [-0.05, 0) is 45.0 Å². The molecule has 23 heavy (non-hydrogen) atoms. The summed E-state index contributed by atoms with van der Waals surface area (Å²) in [6.07, 6.45) is -6.55. The van der Waals surface area contributed by atoms with Crippen molar-refractivity contribution in [3.8, 4) is 5.75 Å². The number of halogens is 7. The number of carbonyl (C=O) groups is 1. The third-order valence-corrected chi connectivity index (χ3v) is 2.58. The van der Waals surface area contributed by atoms with Crippen LogP contribution in [0.1, 0.15) is 31.1 Å². The van der Waals surface area contributed by atoms with E-state index in [1.165, 1.54) is 0 Å². The Morgan fingerprint density at radius 1 is 0.870 bits per heavy atom. The number of benzene rings is 1. The van der Waals surface area contributed by atoms with Gasteiger partial charge in [0.25, 0.3) is 0 Å². The zero-order valence-corrected chi connectivity index (χ0v) is 12.3. The van der Waals surface area contributed by atoms with Crippen molar-refractivity contribution >= 4 is 5.78 Å². The van der Waals surface area contributed by atoms with Gasteiger partial charge in [-0.2, -0.15) is 30.7 Å². The molecule has 0 spiro atoms. The van der Waals surface area contributed by atoms with Crippen LogP contribution in [0.5, 0.6) is 5.75 Å². The lowest BCUT2D eigenvalue weighted by atomic mass is 10.00. The van der Waals surface area contributed by atoms with Crippen molar-refractivity contribution in [3.05, 3.63) is 29.8 Å². The number of hydrogen-bond donors (Lipinski definition) is 0. The van der Waals surface area contributed by atoms with Gasteiger partial charge >= 0.3 is 18.0 Å². The van der Waals surface area contributed by atoms with Crippen LogP contribution in [0.4, 0.5) is 30.7 Å². The Labute approximate surface area is 127 Å². The molecule has 0 heterocycles. The van der Waals surface area contributed by atoms with Gasteiger partial charge in [0.1, 0.15) is 11.4 Å². The largest absolute Gasteiger partial charge is 0.488 e. The second-order valence-corrected chi connectivity index (χ2v) is 5.71. The van der Waals surface area contributed by atoms with E-state index in [0.717, 1.165) is 12.1 Å². The minimum Gasteiger partial charge on any atom is -0.488 e. The van der Waals surface area contributed by atoms with Crippen molar-refractivity contribution in [2.45, 2.75) is 44.4 Å². The van der Waals surface area contributed by atoms with Gasteiger partial charge in [-0.1, -0.05) is 0 Å². The Bertz CT molecular complexity index is 568. The predicted molar refractivity (Wildman–Crippen MR) is 67.1 cm³/mol. The predicted octanol–water partition coefficient (Wildman–Crippen LogP) is 4.88. The molecule has 0 fully saturated rings. The molecule has 0 bridgehead atoms. The average molecular weight is 346 g/mol. The molecule has 0 radical (unpaired) electrons. The molecule has 0 aliphatic carbocycles. The van der Waals surface area contributed by atoms with E-state index >= 15 is 0 Å². The van der Waals surface area contributed by atoms with Crippen LogP contribution in [0.2, 0.25) is 0 Å². The minimum absolute atomic E-state index is 0.139. The maximum Gasteiger partial charge on any atom is 0.460 e. The summed E-state index contributed by atoms with van der Waals surface area (Å²) in [5.74, 6) is -14.9. The van der Waals surface area contributed by atoms with Crippen LogP contribution in [0.15, 0.2) is 24.3 Å². The maximum absolute atomic E-state index is 13.3. The summed E-state index contributed by atoms with van der Waals surface area (Å²) < 4.78 is 93.7. The molecule has 0 aliphatic heterocycles.